The second-order valence-electron chi connectivity index (χ2n) is 6.07. The minimum Gasteiger partial charge on any atom is -0.357 e. The van der Waals surface area contributed by atoms with Gasteiger partial charge >= 0.3 is 0 Å². The molecule has 3 nitrogen and oxygen atoms in total. The Labute approximate surface area is 124 Å². The topological polar surface area (TPSA) is 28.2 Å². The smallest absolute Gasteiger partial charge is 0.129 e. The summed E-state index contributed by atoms with van der Waals surface area (Å²) < 4.78 is 0. The number of hydrogen-bond acceptors (Lipinski definition) is 3. The van der Waals surface area contributed by atoms with Crippen LogP contribution in [-0.4, -0.2) is 24.6 Å². The first-order chi connectivity index (χ1) is 9.47. The molecule has 3 heteroatoms. The maximum atomic E-state index is 4.76. The molecular formula is C17H31N3. The van der Waals surface area contributed by atoms with Crippen LogP contribution >= 0.6 is 0 Å². The molecule has 1 aromatic rings. The fraction of sp³-hybridized carbons (Fsp3) is 0.706. The molecule has 0 aromatic carbocycles. The van der Waals surface area contributed by atoms with E-state index < -0.39 is 0 Å². The summed E-state index contributed by atoms with van der Waals surface area (Å²) in [6, 6.07) is 4.96. The Morgan fingerprint density at radius 2 is 1.90 bits per heavy atom. The lowest BCUT2D eigenvalue weighted by Gasteiger charge is -2.26. The Bertz CT molecular complexity index is 401. The largest absolute Gasteiger partial charge is 0.357 e. The van der Waals surface area contributed by atoms with E-state index in [0.29, 0.717) is 12.0 Å². The van der Waals surface area contributed by atoms with E-state index in [1.807, 2.05) is 0 Å². The van der Waals surface area contributed by atoms with Gasteiger partial charge in [-0.1, -0.05) is 27.7 Å². The standard InChI is InChI=1S/C17H31N3/c1-7-14(5)20(6)17-10-15(9-16(8-2)19-17)12-18-11-13(3)4/h9-10,13-14,18H,7-8,11-12H2,1-6H3. The van der Waals surface area contributed by atoms with Crippen molar-refractivity contribution in [3.63, 3.8) is 0 Å². The summed E-state index contributed by atoms with van der Waals surface area (Å²) in [5.41, 5.74) is 2.52. The molecular weight excluding hydrogens is 246 g/mol. The third kappa shape index (κ3) is 5.12. The highest BCUT2D eigenvalue weighted by atomic mass is 15.2. The minimum atomic E-state index is 0.520. The number of aromatic nitrogens is 1. The SMILES string of the molecule is CCc1cc(CNCC(C)C)cc(N(C)C(C)CC)n1. The van der Waals surface area contributed by atoms with Gasteiger partial charge in [-0.2, -0.15) is 0 Å². The predicted octanol–water partition coefficient (Wildman–Crippen LogP) is 3.62. The molecule has 0 aliphatic heterocycles. The van der Waals surface area contributed by atoms with Gasteiger partial charge in [0.05, 0.1) is 0 Å². The molecule has 0 saturated heterocycles. The number of rotatable bonds is 8. The van der Waals surface area contributed by atoms with E-state index in [-0.39, 0.29) is 0 Å². The van der Waals surface area contributed by atoms with Gasteiger partial charge in [0, 0.05) is 25.3 Å². The van der Waals surface area contributed by atoms with E-state index in [0.717, 1.165) is 31.7 Å². The maximum Gasteiger partial charge on any atom is 0.129 e. The van der Waals surface area contributed by atoms with Crippen molar-refractivity contribution in [3.05, 3.63) is 23.4 Å². The van der Waals surface area contributed by atoms with Gasteiger partial charge in [0.25, 0.3) is 0 Å². The van der Waals surface area contributed by atoms with Crippen molar-refractivity contribution in [1.29, 1.82) is 0 Å². The van der Waals surface area contributed by atoms with Crippen LogP contribution in [0.3, 0.4) is 0 Å². The Balaban J connectivity index is 2.85. The Morgan fingerprint density at radius 1 is 1.20 bits per heavy atom. The van der Waals surface area contributed by atoms with Crippen LogP contribution in [0.2, 0.25) is 0 Å². The van der Waals surface area contributed by atoms with Gasteiger partial charge in [-0.05, 0) is 49.9 Å². The van der Waals surface area contributed by atoms with E-state index in [1.165, 1.54) is 11.3 Å². The molecule has 0 fully saturated rings. The van der Waals surface area contributed by atoms with E-state index in [9.17, 15) is 0 Å². The highest BCUT2D eigenvalue weighted by Crippen LogP contribution is 2.18. The van der Waals surface area contributed by atoms with Gasteiger partial charge in [-0.15, -0.1) is 0 Å². The number of pyridine rings is 1. The van der Waals surface area contributed by atoms with Crippen LogP contribution in [0.4, 0.5) is 5.82 Å². The van der Waals surface area contributed by atoms with Crippen LogP contribution in [0.5, 0.6) is 0 Å². The van der Waals surface area contributed by atoms with E-state index in [1.54, 1.807) is 0 Å². The van der Waals surface area contributed by atoms with Crippen molar-refractivity contribution < 1.29 is 0 Å². The van der Waals surface area contributed by atoms with Crippen molar-refractivity contribution in [2.45, 2.75) is 60.0 Å². The van der Waals surface area contributed by atoms with Crippen LogP contribution < -0.4 is 10.2 Å². The van der Waals surface area contributed by atoms with E-state index >= 15 is 0 Å². The maximum absolute atomic E-state index is 4.76. The Morgan fingerprint density at radius 3 is 2.45 bits per heavy atom. The predicted molar refractivity (Wildman–Crippen MR) is 88.3 cm³/mol. The molecule has 1 unspecified atom stereocenters. The lowest BCUT2D eigenvalue weighted by Crippen LogP contribution is -2.29. The van der Waals surface area contributed by atoms with Gasteiger partial charge < -0.3 is 10.2 Å². The number of nitrogens with one attached hydrogen (secondary N) is 1. The highest BCUT2D eigenvalue weighted by Gasteiger charge is 2.11. The molecule has 0 aliphatic rings. The normalized spacial score (nSPS) is 12.8. The van der Waals surface area contributed by atoms with Crippen molar-refractivity contribution in [2.75, 3.05) is 18.5 Å². The molecule has 0 aliphatic carbocycles. The fourth-order valence-corrected chi connectivity index (χ4v) is 2.10. The molecule has 20 heavy (non-hydrogen) atoms. The molecule has 0 bridgehead atoms. The van der Waals surface area contributed by atoms with Crippen LogP contribution in [0, 0.1) is 5.92 Å². The average molecular weight is 277 g/mol. The van der Waals surface area contributed by atoms with Crippen molar-refractivity contribution in [2.24, 2.45) is 5.92 Å². The third-order valence-electron chi connectivity index (χ3n) is 3.78. The van der Waals surface area contributed by atoms with Gasteiger partial charge in [0.2, 0.25) is 0 Å². The van der Waals surface area contributed by atoms with E-state index in [4.69, 9.17) is 4.98 Å². The quantitative estimate of drug-likeness (QED) is 0.786. The molecule has 1 aromatic heterocycles. The first-order valence-electron chi connectivity index (χ1n) is 7.91. The summed E-state index contributed by atoms with van der Waals surface area (Å²) in [4.78, 5) is 7.05. The van der Waals surface area contributed by atoms with Crippen molar-refractivity contribution in [1.82, 2.24) is 10.3 Å². The van der Waals surface area contributed by atoms with Crippen molar-refractivity contribution >= 4 is 5.82 Å². The fourth-order valence-electron chi connectivity index (χ4n) is 2.10. The van der Waals surface area contributed by atoms with Crippen LogP contribution in [0.25, 0.3) is 0 Å². The van der Waals surface area contributed by atoms with Crippen LogP contribution in [-0.2, 0) is 13.0 Å². The van der Waals surface area contributed by atoms with Gasteiger partial charge in [0.1, 0.15) is 5.82 Å². The Hall–Kier alpha value is -1.09. The minimum absolute atomic E-state index is 0.520. The average Bonchev–Trinajstić information content (AvgIpc) is 2.44. The molecule has 0 saturated carbocycles. The second-order valence-corrected chi connectivity index (χ2v) is 6.07. The van der Waals surface area contributed by atoms with Crippen LogP contribution in [0.1, 0.15) is 52.3 Å². The number of aryl methyl sites for hydroxylation is 1. The zero-order chi connectivity index (χ0) is 15.1. The first kappa shape index (κ1) is 17.0. The molecule has 0 spiro atoms. The lowest BCUT2D eigenvalue weighted by molar-refractivity contribution is 0.552. The molecule has 1 N–H and O–H groups in total. The molecule has 1 rings (SSSR count). The summed E-state index contributed by atoms with van der Waals surface area (Å²) in [6.07, 6.45) is 2.12. The summed E-state index contributed by atoms with van der Waals surface area (Å²) in [7, 11) is 2.14. The summed E-state index contributed by atoms with van der Waals surface area (Å²) in [6.45, 7) is 13.1. The monoisotopic (exact) mass is 277 g/mol. The number of nitrogens with zero attached hydrogens (tertiary/aromatic N) is 2. The van der Waals surface area contributed by atoms with Gasteiger partial charge in [0.15, 0.2) is 0 Å². The lowest BCUT2D eigenvalue weighted by atomic mass is 10.1. The summed E-state index contributed by atoms with van der Waals surface area (Å²) in [5, 5.41) is 3.52. The molecule has 114 valence electrons. The van der Waals surface area contributed by atoms with Crippen LogP contribution in [0.15, 0.2) is 12.1 Å². The zero-order valence-electron chi connectivity index (χ0n) is 14.0. The zero-order valence-corrected chi connectivity index (χ0v) is 14.0. The van der Waals surface area contributed by atoms with E-state index in [2.05, 4.69) is 64.0 Å². The highest BCUT2D eigenvalue weighted by molar-refractivity contribution is 5.43. The molecule has 0 radical (unpaired) electrons. The van der Waals surface area contributed by atoms with Gasteiger partial charge in [-0.3, -0.25) is 0 Å². The first-order valence-corrected chi connectivity index (χ1v) is 7.91. The summed E-state index contributed by atoms with van der Waals surface area (Å²) in [5.74, 6) is 1.78. The van der Waals surface area contributed by atoms with Crippen molar-refractivity contribution in [3.8, 4) is 0 Å². The van der Waals surface area contributed by atoms with Gasteiger partial charge in [-0.25, -0.2) is 4.98 Å². The second kappa shape index (κ2) is 8.25. The molecule has 1 heterocycles. The summed E-state index contributed by atoms with van der Waals surface area (Å²) >= 11 is 0. The number of hydrogen-bond donors (Lipinski definition) is 1. The Kier molecular flexibility index (Phi) is 7.00. The molecule has 0 amide bonds. The molecule has 1 atom stereocenters. The third-order valence-corrected chi connectivity index (χ3v) is 3.78. The number of anilines is 1.